The Labute approximate surface area is 203 Å². The molecule has 0 unspecified atom stereocenters. The molecule has 2 amide bonds. The second kappa shape index (κ2) is 12.7. The molecule has 2 fully saturated rings. The largest absolute Gasteiger partial charge is 0.355 e. The summed E-state index contributed by atoms with van der Waals surface area (Å²) in [5, 5.41) is 3.15. The van der Waals surface area contributed by atoms with E-state index in [1.807, 2.05) is 17.0 Å². The van der Waals surface area contributed by atoms with Crippen LogP contribution in [-0.2, 0) is 9.59 Å². The van der Waals surface area contributed by atoms with E-state index < -0.39 is 0 Å². The van der Waals surface area contributed by atoms with E-state index in [0.717, 1.165) is 65.0 Å². The minimum atomic E-state index is 0.0847. The Morgan fingerprint density at radius 2 is 1.26 bits per heavy atom. The number of carbonyl (C=O) groups excluding carboxylic acids is 2. The van der Waals surface area contributed by atoms with Crippen LogP contribution < -0.4 is 5.32 Å². The molecule has 2 aromatic rings. The maximum absolute atomic E-state index is 12.7. The predicted molar refractivity (Wildman–Crippen MR) is 136 cm³/mol. The van der Waals surface area contributed by atoms with E-state index in [9.17, 15) is 9.59 Å². The average Bonchev–Trinajstić information content (AvgIpc) is 3.33. The van der Waals surface area contributed by atoms with Gasteiger partial charge in [0.2, 0.25) is 11.8 Å². The predicted octanol–water partition coefficient (Wildman–Crippen LogP) is 2.95. The molecule has 1 N–H and O–H groups in total. The maximum atomic E-state index is 12.7. The van der Waals surface area contributed by atoms with Gasteiger partial charge < -0.3 is 10.2 Å². The standard InChI is InChI=1S/C28H38N4O2/c33-27(22-30-16-9-17-31(21-20-30)23-28(34)32-18-7-8-19-32)29-15-14-26(24-10-3-1-4-11-24)25-12-5-2-6-13-25/h1-6,10-13,26H,7-9,14-23H2,(H,29,33). The highest BCUT2D eigenvalue weighted by atomic mass is 16.2. The molecule has 6 nitrogen and oxygen atoms in total. The Bertz CT molecular complexity index is 860. The van der Waals surface area contributed by atoms with Gasteiger partial charge in [-0.2, -0.15) is 0 Å². The summed E-state index contributed by atoms with van der Waals surface area (Å²) in [6, 6.07) is 21.0. The molecular formula is C28H38N4O2. The van der Waals surface area contributed by atoms with E-state index in [1.165, 1.54) is 11.1 Å². The molecule has 6 heteroatoms. The van der Waals surface area contributed by atoms with Crippen molar-refractivity contribution in [3.05, 3.63) is 71.8 Å². The van der Waals surface area contributed by atoms with E-state index in [4.69, 9.17) is 0 Å². The first-order valence-electron chi connectivity index (χ1n) is 12.8. The van der Waals surface area contributed by atoms with Crippen molar-refractivity contribution in [2.24, 2.45) is 0 Å². The van der Waals surface area contributed by atoms with Gasteiger partial charge in [0.15, 0.2) is 0 Å². The number of nitrogens with one attached hydrogen (secondary N) is 1. The number of nitrogens with zero attached hydrogens (tertiary/aromatic N) is 3. The normalized spacial score (nSPS) is 17.6. The first kappa shape index (κ1) is 24.4. The highest BCUT2D eigenvalue weighted by molar-refractivity contribution is 5.78. The summed E-state index contributed by atoms with van der Waals surface area (Å²) in [4.78, 5) is 31.6. The second-order valence-corrected chi connectivity index (χ2v) is 9.51. The second-order valence-electron chi connectivity index (χ2n) is 9.51. The summed E-state index contributed by atoms with van der Waals surface area (Å²) in [6.07, 6.45) is 4.12. The topological polar surface area (TPSA) is 55.9 Å². The molecule has 4 rings (SSSR count). The number of rotatable bonds is 9. The van der Waals surface area contributed by atoms with Crippen molar-refractivity contribution in [3.63, 3.8) is 0 Å². The van der Waals surface area contributed by atoms with Gasteiger partial charge in [0, 0.05) is 38.6 Å². The van der Waals surface area contributed by atoms with E-state index in [0.29, 0.717) is 19.6 Å². The van der Waals surface area contributed by atoms with Crippen LogP contribution in [0.4, 0.5) is 0 Å². The Morgan fingerprint density at radius 1 is 0.706 bits per heavy atom. The van der Waals surface area contributed by atoms with Gasteiger partial charge in [-0.25, -0.2) is 0 Å². The lowest BCUT2D eigenvalue weighted by atomic mass is 9.88. The van der Waals surface area contributed by atoms with Crippen molar-refractivity contribution in [1.29, 1.82) is 0 Å². The van der Waals surface area contributed by atoms with Crippen LogP contribution in [-0.4, -0.2) is 85.4 Å². The molecule has 0 aliphatic carbocycles. The number of benzene rings is 2. The molecule has 0 atom stereocenters. The van der Waals surface area contributed by atoms with Crippen LogP contribution in [0.5, 0.6) is 0 Å². The molecule has 0 radical (unpaired) electrons. The van der Waals surface area contributed by atoms with Crippen molar-refractivity contribution in [1.82, 2.24) is 20.0 Å². The van der Waals surface area contributed by atoms with Gasteiger partial charge in [-0.3, -0.25) is 19.4 Å². The molecule has 2 aliphatic heterocycles. The van der Waals surface area contributed by atoms with Crippen LogP contribution >= 0.6 is 0 Å². The van der Waals surface area contributed by atoms with Crippen molar-refractivity contribution in [3.8, 4) is 0 Å². The van der Waals surface area contributed by atoms with Gasteiger partial charge in [0.1, 0.15) is 0 Å². The number of carbonyl (C=O) groups is 2. The lowest BCUT2D eigenvalue weighted by Gasteiger charge is -2.24. The SMILES string of the molecule is O=C(CN1CCCN(CC(=O)N2CCCC2)CC1)NCCC(c1ccccc1)c1ccccc1. The van der Waals surface area contributed by atoms with Crippen molar-refractivity contribution in [2.75, 3.05) is 58.9 Å². The van der Waals surface area contributed by atoms with Gasteiger partial charge in [0.05, 0.1) is 13.1 Å². The molecule has 0 spiro atoms. The zero-order valence-electron chi connectivity index (χ0n) is 20.2. The fourth-order valence-corrected chi connectivity index (χ4v) is 5.11. The summed E-state index contributed by atoms with van der Waals surface area (Å²) >= 11 is 0. The van der Waals surface area contributed by atoms with E-state index >= 15 is 0 Å². The minimum absolute atomic E-state index is 0.0847. The molecule has 2 aromatic carbocycles. The lowest BCUT2D eigenvalue weighted by molar-refractivity contribution is -0.131. The number of hydrogen-bond acceptors (Lipinski definition) is 4. The van der Waals surface area contributed by atoms with Gasteiger partial charge in [-0.05, 0) is 49.9 Å². The lowest BCUT2D eigenvalue weighted by Crippen LogP contribution is -2.42. The molecule has 2 saturated heterocycles. The van der Waals surface area contributed by atoms with Crippen molar-refractivity contribution < 1.29 is 9.59 Å². The molecule has 0 aromatic heterocycles. The Hall–Kier alpha value is -2.70. The first-order valence-corrected chi connectivity index (χ1v) is 12.8. The summed E-state index contributed by atoms with van der Waals surface area (Å²) in [7, 11) is 0. The molecule has 182 valence electrons. The summed E-state index contributed by atoms with van der Waals surface area (Å²) < 4.78 is 0. The maximum Gasteiger partial charge on any atom is 0.236 e. The van der Waals surface area contributed by atoms with Crippen LogP contribution in [0, 0.1) is 0 Å². The third-order valence-corrected chi connectivity index (χ3v) is 7.03. The molecule has 0 bridgehead atoms. The van der Waals surface area contributed by atoms with Gasteiger partial charge >= 0.3 is 0 Å². The van der Waals surface area contributed by atoms with E-state index in [-0.39, 0.29) is 17.7 Å². The number of amides is 2. The summed E-state index contributed by atoms with van der Waals surface area (Å²) in [5.74, 6) is 0.610. The van der Waals surface area contributed by atoms with Gasteiger partial charge in [-0.15, -0.1) is 0 Å². The summed E-state index contributed by atoms with van der Waals surface area (Å²) in [6.45, 7) is 6.91. The van der Waals surface area contributed by atoms with Crippen LogP contribution in [0.15, 0.2) is 60.7 Å². The van der Waals surface area contributed by atoms with E-state index in [1.54, 1.807) is 0 Å². The van der Waals surface area contributed by atoms with Crippen molar-refractivity contribution >= 4 is 11.8 Å². The fraction of sp³-hybridized carbons (Fsp3) is 0.500. The van der Waals surface area contributed by atoms with Crippen LogP contribution in [0.2, 0.25) is 0 Å². The fourth-order valence-electron chi connectivity index (χ4n) is 5.11. The average molecular weight is 463 g/mol. The van der Waals surface area contributed by atoms with E-state index in [2.05, 4.69) is 63.6 Å². The monoisotopic (exact) mass is 462 g/mol. The van der Waals surface area contributed by atoms with Gasteiger partial charge in [-0.1, -0.05) is 60.7 Å². The molecule has 2 heterocycles. The Morgan fingerprint density at radius 3 is 1.85 bits per heavy atom. The number of likely N-dealkylation sites (tertiary alicyclic amines) is 1. The minimum Gasteiger partial charge on any atom is -0.355 e. The Balaban J connectivity index is 1.21. The Kier molecular flexibility index (Phi) is 9.11. The van der Waals surface area contributed by atoms with Gasteiger partial charge in [0.25, 0.3) is 0 Å². The molecule has 0 saturated carbocycles. The zero-order chi connectivity index (χ0) is 23.6. The summed E-state index contributed by atoms with van der Waals surface area (Å²) in [5.41, 5.74) is 2.55. The zero-order valence-corrected chi connectivity index (χ0v) is 20.2. The highest BCUT2D eigenvalue weighted by Crippen LogP contribution is 2.27. The smallest absolute Gasteiger partial charge is 0.236 e. The quantitative estimate of drug-likeness (QED) is 0.623. The molecule has 34 heavy (non-hydrogen) atoms. The third-order valence-electron chi connectivity index (χ3n) is 7.03. The number of hydrogen-bond donors (Lipinski definition) is 1. The first-order chi connectivity index (χ1) is 16.7. The third kappa shape index (κ3) is 7.15. The molecular weight excluding hydrogens is 424 g/mol. The van der Waals surface area contributed by atoms with Crippen LogP contribution in [0.3, 0.4) is 0 Å². The molecule has 2 aliphatic rings. The van der Waals surface area contributed by atoms with Crippen LogP contribution in [0.25, 0.3) is 0 Å². The van der Waals surface area contributed by atoms with Crippen molar-refractivity contribution in [2.45, 2.75) is 31.6 Å². The van der Waals surface area contributed by atoms with Crippen LogP contribution in [0.1, 0.15) is 42.7 Å². The highest BCUT2D eigenvalue weighted by Gasteiger charge is 2.23.